The maximum Gasteiger partial charge on any atom is 0.144 e. The molecule has 7 nitrogen and oxygen atoms in total. The van der Waals surface area contributed by atoms with Crippen molar-refractivity contribution in [1.29, 1.82) is 5.26 Å². The summed E-state index contributed by atoms with van der Waals surface area (Å²) in [7, 11) is 1.59. The van der Waals surface area contributed by atoms with Gasteiger partial charge in [-0.15, -0.1) is 0 Å². The van der Waals surface area contributed by atoms with Crippen molar-refractivity contribution in [2.75, 3.05) is 38.3 Å². The third-order valence-electron chi connectivity index (χ3n) is 7.02. The van der Waals surface area contributed by atoms with Gasteiger partial charge < -0.3 is 25.2 Å². The topological polar surface area (TPSA) is 105 Å². The molecular weight excluding hydrogens is 495 g/mol. The third kappa shape index (κ3) is 5.50. The van der Waals surface area contributed by atoms with Gasteiger partial charge in [0, 0.05) is 61.4 Å². The molecule has 1 fully saturated rings. The SMILES string of the molecule is COCCOc1c(C#N)cccc1-c1ccc2ncc(C3=CC(F)=CC#CC3)c(N3CC[C@@H](N)[C@@H](O)C3)c2c1. The maximum absolute atomic E-state index is 14.5. The number of aromatic nitrogens is 1. The number of anilines is 1. The smallest absolute Gasteiger partial charge is 0.144 e. The Labute approximate surface area is 227 Å². The van der Waals surface area contributed by atoms with Crippen LogP contribution in [0.25, 0.3) is 27.6 Å². The molecule has 0 radical (unpaired) electrons. The van der Waals surface area contributed by atoms with Gasteiger partial charge in [0.05, 0.1) is 29.5 Å². The van der Waals surface area contributed by atoms with Crippen molar-refractivity contribution in [3.8, 4) is 34.8 Å². The monoisotopic (exact) mass is 524 g/mol. The second-order valence-electron chi connectivity index (χ2n) is 9.55. The molecule has 198 valence electrons. The van der Waals surface area contributed by atoms with E-state index >= 15 is 0 Å². The lowest BCUT2D eigenvalue weighted by Crippen LogP contribution is -2.50. The van der Waals surface area contributed by atoms with Gasteiger partial charge in [0.1, 0.15) is 24.3 Å². The molecule has 0 saturated carbocycles. The number of β-amino-alcohol motifs (C(OH)–C–C–N with tert-alkyl or cyclic N) is 1. The lowest BCUT2D eigenvalue weighted by molar-refractivity contribution is 0.132. The number of benzene rings is 2. The van der Waals surface area contributed by atoms with E-state index in [2.05, 4.69) is 22.8 Å². The molecule has 2 aliphatic rings. The molecule has 1 aliphatic carbocycles. The Morgan fingerprint density at radius 2 is 2.13 bits per heavy atom. The first-order valence-electron chi connectivity index (χ1n) is 12.8. The highest BCUT2D eigenvalue weighted by Gasteiger charge is 2.28. The number of nitrogens with zero attached hydrogens (tertiary/aromatic N) is 3. The number of hydrogen-bond donors (Lipinski definition) is 2. The van der Waals surface area contributed by atoms with E-state index in [9.17, 15) is 14.8 Å². The fraction of sp³-hybridized carbons (Fsp3) is 0.290. The first kappa shape index (κ1) is 26.4. The molecule has 5 rings (SSSR count). The number of rotatable bonds is 7. The Bertz CT molecular complexity index is 1560. The molecule has 0 unspecified atom stereocenters. The average Bonchev–Trinajstić information content (AvgIpc) is 3.18. The molecule has 1 saturated heterocycles. The molecule has 3 aromatic rings. The van der Waals surface area contributed by atoms with Gasteiger partial charge in [-0.05, 0) is 41.8 Å². The number of methoxy groups -OCH3 is 1. The van der Waals surface area contributed by atoms with E-state index in [4.69, 9.17) is 20.2 Å². The van der Waals surface area contributed by atoms with Crippen LogP contribution in [-0.2, 0) is 4.74 Å². The summed E-state index contributed by atoms with van der Waals surface area (Å²) < 4.78 is 25.6. The number of nitriles is 1. The zero-order valence-corrected chi connectivity index (χ0v) is 21.7. The fourth-order valence-corrected chi connectivity index (χ4v) is 5.01. The minimum Gasteiger partial charge on any atom is -0.489 e. The van der Waals surface area contributed by atoms with Gasteiger partial charge in [-0.3, -0.25) is 4.98 Å². The molecule has 2 atom stereocenters. The summed E-state index contributed by atoms with van der Waals surface area (Å²) in [5.41, 5.74) is 11.2. The summed E-state index contributed by atoms with van der Waals surface area (Å²) in [6.07, 6.45) is 4.76. The van der Waals surface area contributed by atoms with E-state index in [1.165, 1.54) is 12.2 Å². The number of hydrogen-bond acceptors (Lipinski definition) is 7. The average molecular weight is 525 g/mol. The van der Waals surface area contributed by atoms with Crippen LogP contribution >= 0.6 is 0 Å². The second kappa shape index (κ2) is 11.7. The Morgan fingerprint density at radius 3 is 2.92 bits per heavy atom. The van der Waals surface area contributed by atoms with Crippen LogP contribution in [0.3, 0.4) is 0 Å². The molecule has 0 bridgehead atoms. The molecule has 3 N–H and O–H groups in total. The van der Waals surface area contributed by atoms with Crippen molar-refractivity contribution in [3.05, 3.63) is 71.7 Å². The highest BCUT2D eigenvalue weighted by molar-refractivity contribution is 6.00. The normalized spacial score (nSPS) is 18.9. The Hall–Kier alpha value is -4.21. The Balaban J connectivity index is 1.70. The van der Waals surface area contributed by atoms with Crippen molar-refractivity contribution < 1.29 is 19.0 Å². The number of piperidine rings is 1. The van der Waals surface area contributed by atoms with E-state index in [1.54, 1.807) is 19.4 Å². The van der Waals surface area contributed by atoms with Gasteiger partial charge in [0.2, 0.25) is 0 Å². The van der Waals surface area contributed by atoms with Crippen LogP contribution < -0.4 is 15.4 Å². The van der Waals surface area contributed by atoms with E-state index in [-0.39, 0.29) is 6.04 Å². The van der Waals surface area contributed by atoms with Crippen molar-refractivity contribution >= 4 is 22.2 Å². The third-order valence-corrected chi connectivity index (χ3v) is 7.02. The number of pyridine rings is 1. The first-order valence-corrected chi connectivity index (χ1v) is 12.8. The summed E-state index contributed by atoms with van der Waals surface area (Å²) in [5.74, 6) is 5.80. The minimum atomic E-state index is -0.703. The molecule has 2 heterocycles. The van der Waals surface area contributed by atoms with Crippen molar-refractivity contribution in [3.63, 3.8) is 0 Å². The lowest BCUT2D eigenvalue weighted by atomic mass is 9.94. The number of halogens is 1. The predicted octanol–water partition coefficient (Wildman–Crippen LogP) is 4.34. The number of ether oxygens (including phenoxy) is 2. The van der Waals surface area contributed by atoms with Gasteiger partial charge >= 0.3 is 0 Å². The highest BCUT2D eigenvalue weighted by atomic mass is 19.1. The van der Waals surface area contributed by atoms with Crippen molar-refractivity contribution in [1.82, 2.24) is 4.98 Å². The molecular formula is C31H29FN4O3. The van der Waals surface area contributed by atoms with Gasteiger partial charge in [0.25, 0.3) is 0 Å². The highest BCUT2D eigenvalue weighted by Crippen LogP contribution is 2.41. The number of para-hydroxylation sites is 1. The number of aliphatic hydroxyl groups excluding tert-OH is 1. The molecule has 0 amide bonds. The van der Waals surface area contributed by atoms with E-state index in [0.717, 1.165) is 33.3 Å². The number of fused-ring (bicyclic) bond motifs is 1. The zero-order chi connectivity index (χ0) is 27.4. The number of aliphatic hydroxyl groups is 1. The van der Waals surface area contributed by atoms with Crippen LogP contribution in [0.2, 0.25) is 0 Å². The van der Waals surface area contributed by atoms with Crippen LogP contribution in [0.15, 0.2) is 60.6 Å². The summed E-state index contributed by atoms with van der Waals surface area (Å²) >= 11 is 0. The summed E-state index contributed by atoms with van der Waals surface area (Å²) in [4.78, 5) is 6.81. The molecule has 39 heavy (non-hydrogen) atoms. The molecule has 0 spiro atoms. The molecule has 1 aliphatic heterocycles. The van der Waals surface area contributed by atoms with Crippen LogP contribution in [0.5, 0.6) is 5.75 Å². The number of nitrogens with two attached hydrogens (primary N) is 1. The lowest BCUT2D eigenvalue weighted by Gasteiger charge is -2.37. The summed E-state index contributed by atoms with van der Waals surface area (Å²) in [6, 6.07) is 13.2. The molecule has 1 aromatic heterocycles. The summed E-state index contributed by atoms with van der Waals surface area (Å²) in [6.45, 7) is 1.65. The summed E-state index contributed by atoms with van der Waals surface area (Å²) in [5, 5.41) is 21.2. The quantitative estimate of drug-likeness (QED) is 0.350. The van der Waals surface area contributed by atoms with E-state index in [0.29, 0.717) is 56.0 Å². The first-order chi connectivity index (χ1) is 19.0. The van der Waals surface area contributed by atoms with E-state index < -0.39 is 11.9 Å². The fourth-order valence-electron chi connectivity index (χ4n) is 5.01. The van der Waals surface area contributed by atoms with Crippen LogP contribution in [0.1, 0.15) is 24.0 Å². The maximum atomic E-state index is 14.5. The van der Waals surface area contributed by atoms with Crippen LogP contribution in [-0.4, -0.2) is 55.6 Å². The van der Waals surface area contributed by atoms with Gasteiger partial charge in [-0.1, -0.05) is 30.0 Å². The second-order valence-corrected chi connectivity index (χ2v) is 9.55. The van der Waals surface area contributed by atoms with Gasteiger partial charge in [-0.2, -0.15) is 5.26 Å². The van der Waals surface area contributed by atoms with Crippen LogP contribution in [0, 0.1) is 23.2 Å². The van der Waals surface area contributed by atoms with Crippen molar-refractivity contribution in [2.24, 2.45) is 5.73 Å². The molecule has 2 aromatic carbocycles. The predicted molar refractivity (Wildman–Crippen MR) is 150 cm³/mol. The van der Waals surface area contributed by atoms with Gasteiger partial charge in [-0.25, -0.2) is 4.39 Å². The molecule has 8 heteroatoms. The largest absolute Gasteiger partial charge is 0.489 e. The standard InChI is InChI=1S/C31H29FN4O3/c1-38-13-14-39-31-22(17-33)6-4-8-24(31)21-9-10-28-25(16-21)30(36-12-11-27(34)29(37)19-36)26(18-35-28)20-5-2-3-7-23(32)15-20/h4,6-10,15-16,18,27,29,37H,5,11-14,19,34H2,1H3/t27-,29+/m1/s1. The minimum absolute atomic E-state index is 0.299. The van der Waals surface area contributed by atoms with E-state index in [1.807, 2.05) is 30.3 Å². The Morgan fingerprint density at radius 1 is 1.26 bits per heavy atom. The zero-order valence-electron chi connectivity index (χ0n) is 21.7. The number of allylic oxidation sites excluding steroid dienone is 4. The Kier molecular flexibility index (Phi) is 7.90. The van der Waals surface area contributed by atoms with Crippen molar-refractivity contribution in [2.45, 2.75) is 25.0 Å². The van der Waals surface area contributed by atoms with Crippen LogP contribution in [0.4, 0.5) is 10.1 Å². The van der Waals surface area contributed by atoms with Gasteiger partial charge in [0.15, 0.2) is 0 Å².